The third-order valence-corrected chi connectivity index (χ3v) is 8.70. The number of thiocarbonyl (C=S) groups is 2. The Kier molecular flexibility index (Phi) is 18.5. The lowest BCUT2D eigenvalue weighted by molar-refractivity contribution is 0.370. The van der Waals surface area contributed by atoms with Crippen LogP contribution in [0.3, 0.4) is 0 Å². The van der Waals surface area contributed by atoms with Crippen molar-refractivity contribution in [3.8, 4) is 15.6 Å². The first-order valence-corrected chi connectivity index (χ1v) is 14.2. The number of rotatable bonds is 6. The molecule has 0 aromatic heterocycles. The van der Waals surface area contributed by atoms with Crippen molar-refractivity contribution in [2.75, 3.05) is 32.8 Å². The summed E-state index contributed by atoms with van der Waals surface area (Å²) in [5.41, 5.74) is 0. The molecule has 1 aromatic carbocycles. The second-order valence-corrected chi connectivity index (χ2v) is 10.5. The summed E-state index contributed by atoms with van der Waals surface area (Å²) in [7, 11) is 3.18. The van der Waals surface area contributed by atoms with Crippen molar-refractivity contribution < 1.29 is 4.74 Å². The van der Waals surface area contributed by atoms with E-state index in [4.69, 9.17) is 64.0 Å². The van der Waals surface area contributed by atoms with Gasteiger partial charge >= 0.3 is 0 Å². The Morgan fingerprint density at radius 2 is 1.33 bits per heavy atom. The lowest BCUT2D eigenvalue weighted by Crippen LogP contribution is -2.28. The monoisotopic (exact) mass is 656 g/mol. The van der Waals surface area contributed by atoms with E-state index >= 15 is 0 Å². The molecule has 1 rings (SSSR count). The van der Waals surface area contributed by atoms with E-state index in [9.17, 15) is 0 Å². The highest BCUT2D eigenvalue weighted by atomic mass is 127. The molecule has 0 spiro atoms. The van der Waals surface area contributed by atoms with Crippen LogP contribution in [0.15, 0.2) is 12.1 Å². The van der Waals surface area contributed by atoms with Crippen molar-refractivity contribution in [2.45, 2.75) is 27.7 Å². The average Bonchev–Trinajstić information content (AvgIpc) is 2.72. The molecule has 0 saturated carbocycles. The zero-order valence-electron chi connectivity index (χ0n) is 17.1. The Hall–Kier alpha value is 0.660. The molecule has 0 N–H and O–H groups in total. The summed E-state index contributed by atoms with van der Waals surface area (Å²) in [5, 5.41) is 1.24. The second kappa shape index (κ2) is 18.1. The van der Waals surface area contributed by atoms with E-state index in [2.05, 4.69) is 47.3 Å². The zero-order chi connectivity index (χ0) is 23.1. The van der Waals surface area contributed by atoms with Gasteiger partial charge in [0.1, 0.15) is 21.0 Å². The molecule has 0 aliphatic heterocycles. The molecule has 0 unspecified atom stereocenters. The van der Waals surface area contributed by atoms with E-state index in [0.29, 0.717) is 20.8 Å². The fourth-order valence-electron chi connectivity index (χ4n) is 1.90. The van der Waals surface area contributed by atoms with Gasteiger partial charge in [0.25, 0.3) is 0 Å². The van der Waals surface area contributed by atoms with Crippen molar-refractivity contribution >= 4 is 112 Å². The molecule has 0 aliphatic rings. The van der Waals surface area contributed by atoms with E-state index in [1.165, 1.54) is 6.07 Å². The topological polar surface area (TPSA) is 15.7 Å². The molecule has 0 amide bonds. The number of hydrogen-bond acceptors (Lipinski definition) is 5. The van der Waals surface area contributed by atoms with Crippen LogP contribution < -0.4 is 4.74 Å². The molecule has 11 heteroatoms. The smallest absolute Gasteiger partial charge is 0.149 e. The first-order valence-electron chi connectivity index (χ1n) is 9.03. The van der Waals surface area contributed by atoms with Gasteiger partial charge in [0.05, 0.1) is 15.1 Å². The molecule has 30 heavy (non-hydrogen) atoms. The minimum Gasteiger partial charge on any atom is -0.479 e. The number of halogens is 4. The molecule has 0 aliphatic carbocycles. The Morgan fingerprint density at radius 3 is 1.73 bits per heavy atom. The van der Waals surface area contributed by atoms with Gasteiger partial charge in [-0.3, -0.25) is 0 Å². The molecule has 168 valence electrons. The molecule has 0 radical (unpaired) electrons. The minimum atomic E-state index is 0.278. The summed E-state index contributed by atoms with van der Waals surface area (Å²) in [6.07, 6.45) is 0. The van der Waals surface area contributed by atoms with Gasteiger partial charge in [0, 0.05) is 54.8 Å². The molecular weight excluding hydrogens is 634 g/mol. The van der Waals surface area contributed by atoms with Crippen molar-refractivity contribution in [1.82, 2.24) is 9.80 Å². The van der Waals surface area contributed by atoms with Crippen LogP contribution in [0.5, 0.6) is 5.75 Å². The van der Waals surface area contributed by atoms with Crippen LogP contribution in [-0.2, 0) is 0 Å². The third-order valence-electron chi connectivity index (χ3n) is 3.57. The van der Waals surface area contributed by atoms with Crippen LogP contribution in [0.2, 0.25) is 15.1 Å². The van der Waals surface area contributed by atoms with E-state index in [1.54, 1.807) is 27.7 Å². The molecule has 1 aromatic rings. The summed E-state index contributed by atoms with van der Waals surface area (Å²) >= 11 is 30.0. The zero-order valence-corrected chi connectivity index (χ0v) is 24.8. The van der Waals surface area contributed by atoms with Crippen LogP contribution in [-0.4, -0.2) is 51.2 Å². The van der Waals surface area contributed by atoms with Gasteiger partial charge in [-0.05, 0) is 59.3 Å². The SMILES string of the molecule is CCN(CC)C(=S)SSC(=S)N(CC)CC.Clc1cc(Cl)c(OCC#CI)cc1Cl. The van der Waals surface area contributed by atoms with Crippen LogP contribution in [0.25, 0.3) is 0 Å². The van der Waals surface area contributed by atoms with Crippen molar-refractivity contribution in [3.63, 3.8) is 0 Å². The normalized spacial score (nSPS) is 9.60. The summed E-state index contributed by atoms with van der Waals surface area (Å²) in [6.45, 7) is 12.6. The lowest BCUT2D eigenvalue weighted by Gasteiger charge is -2.23. The molecule has 0 atom stereocenters. The van der Waals surface area contributed by atoms with E-state index < -0.39 is 0 Å². The molecule has 0 fully saturated rings. The standard InChI is InChI=1S/C10H20N2S4.C9H4Cl3IO/c1-5-11(6-2)9(13)15-16-10(14)12(7-3)8-4;10-6-4-8(12)9(5-7(6)11)14-3-1-2-13/h5-8H2,1-4H3;4-5H,3H2. The number of ether oxygens (including phenoxy) is 1. The lowest BCUT2D eigenvalue weighted by atomic mass is 10.3. The summed E-state index contributed by atoms with van der Waals surface area (Å²) in [4.78, 5) is 4.33. The van der Waals surface area contributed by atoms with Gasteiger partial charge in [0.15, 0.2) is 0 Å². The first kappa shape index (κ1) is 30.7. The van der Waals surface area contributed by atoms with Gasteiger partial charge in [-0.25, -0.2) is 0 Å². The molecule has 0 bridgehead atoms. The molecule has 3 nitrogen and oxygen atoms in total. The fourth-order valence-corrected chi connectivity index (χ4v) is 5.70. The van der Waals surface area contributed by atoms with E-state index in [1.807, 2.05) is 22.6 Å². The Labute approximate surface area is 227 Å². The van der Waals surface area contributed by atoms with Crippen molar-refractivity contribution in [3.05, 3.63) is 27.2 Å². The van der Waals surface area contributed by atoms with Gasteiger partial charge in [0.2, 0.25) is 0 Å². The molecule has 0 saturated heterocycles. The summed E-state index contributed by atoms with van der Waals surface area (Å²) in [5.74, 6) is 3.22. The van der Waals surface area contributed by atoms with E-state index in [0.717, 1.165) is 34.8 Å². The molecule has 0 heterocycles. The number of nitrogens with zero attached hydrogens (tertiary/aromatic N) is 2. The predicted octanol–water partition coefficient (Wildman–Crippen LogP) is 8.04. The highest BCUT2D eigenvalue weighted by Gasteiger charge is 2.11. The Bertz CT molecular complexity index is 727. The highest BCUT2D eigenvalue weighted by molar-refractivity contribution is 14.1. The third kappa shape index (κ3) is 12.0. The highest BCUT2D eigenvalue weighted by Crippen LogP contribution is 2.33. The summed E-state index contributed by atoms with van der Waals surface area (Å²) in [6, 6.07) is 3.11. The van der Waals surface area contributed by atoms with Crippen LogP contribution in [0.1, 0.15) is 27.7 Å². The van der Waals surface area contributed by atoms with Gasteiger partial charge in [-0.1, -0.05) is 65.2 Å². The average molecular weight is 658 g/mol. The Morgan fingerprint density at radius 1 is 0.900 bits per heavy atom. The number of benzene rings is 1. The van der Waals surface area contributed by atoms with Crippen LogP contribution in [0.4, 0.5) is 0 Å². The second-order valence-electron chi connectivity index (χ2n) is 5.30. The van der Waals surface area contributed by atoms with Crippen LogP contribution >= 0.6 is 103 Å². The number of hydrogen-bond donors (Lipinski definition) is 0. The van der Waals surface area contributed by atoms with Gasteiger partial charge in [-0.15, -0.1) is 0 Å². The van der Waals surface area contributed by atoms with Crippen LogP contribution in [0, 0.1) is 9.85 Å². The van der Waals surface area contributed by atoms with Crippen molar-refractivity contribution in [2.24, 2.45) is 0 Å². The Balaban J connectivity index is 0.000000564. The largest absolute Gasteiger partial charge is 0.479 e. The quantitative estimate of drug-likeness (QED) is 0.0999. The maximum Gasteiger partial charge on any atom is 0.149 e. The van der Waals surface area contributed by atoms with Gasteiger partial charge in [-0.2, -0.15) is 0 Å². The maximum atomic E-state index is 5.86. The minimum absolute atomic E-state index is 0.278. The van der Waals surface area contributed by atoms with Gasteiger partial charge < -0.3 is 14.5 Å². The van der Waals surface area contributed by atoms with Crippen molar-refractivity contribution in [1.29, 1.82) is 0 Å². The fraction of sp³-hybridized carbons (Fsp3) is 0.474. The summed E-state index contributed by atoms with van der Waals surface area (Å²) < 4.78 is 9.78. The first-order chi connectivity index (χ1) is 14.2. The predicted molar refractivity (Wildman–Crippen MR) is 155 cm³/mol. The maximum absolute atomic E-state index is 5.86. The molecular formula is C19H24Cl3IN2OS4. The van der Waals surface area contributed by atoms with E-state index in [-0.39, 0.29) is 6.61 Å².